The number of rotatable bonds is 5. The van der Waals surface area contributed by atoms with E-state index < -0.39 is 0 Å². The number of aryl methyl sites for hydroxylation is 2. The number of ether oxygens (including phenoxy) is 1. The average Bonchev–Trinajstić information content (AvgIpc) is 3.35. The molecular weight excluding hydrogens is 372 g/mol. The molecular formula is C21H18N4O4. The molecule has 0 aliphatic carbocycles. The molecule has 0 atom stereocenters. The molecule has 0 unspecified atom stereocenters. The fraction of sp³-hybridized carbons (Fsp3) is 0.143. The lowest BCUT2D eigenvalue weighted by atomic mass is 10.1. The Bertz CT molecular complexity index is 1140. The standard InChI is InChI=1S/C21H18N4O4/c1-12-18(13(2)28-24-12)20(26)22-16-9-7-14(8-10-16)19-23-21(29-25-19)15-5-4-6-17(11-15)27-3/h4-11H,1-3H3,(H,22,26). The van der Waals surface area contributed by atoms with Crippen molar-refractivity contribution >= 4 is 11.6 Å². The van der Waals surface area contributed by atoms with Crippen molar-refractivity contribution in [2.24, 2.45) is 0 Å². The van der Waals surface area contributed by atoms with Crippen molar-refractivity contribution in [1.82, 2.24) is 15.3 Å². The van der Waals surface area contributed by atoms with E-state index in [4.69, 9.17) is 13.8 Å². The second-order valence-electron chi connectivity index (χ2n) is 6.39. The molecule has 0 bridgehead atoms. The Morgan fingerprint density at radius 1 is 1.00 bits per heavy atom. The number of carbonyl (C=O) groups is 1. The van der Waals surface area contributed by atoms with Gasteiger partial charge in [0.05, 0.1) is 12.8 Å². The van der Waals surface area contributed by atoms with Gasteiger partial charge in [-0.2, -0.15) is 4.98 Å². The molecule has 8 heteroatoms. The van der Waals surface area contributed by atoms with Crippen LogP contribution in [0.25, 0.3) is 22.8 Å². The van der Waals surface area contributed by atoms with Gasteiger partial charge in [0, 0.05) is 16.8 Å². The Balaban J connectivity index is 1.51. The molecule has 2 aromatic heterocycles. The van der Waals surface area contributed by atoms with E-state index in [1.165, 1.54) is 0 Å². The molecule has 4 aromatic rings. The number of benzene rings is 2. The summed E-state index contributed by atoms with van der Waals surface area (Å²) in [4.78, 5) is 16.9. The molecule has 4 rings (SSSR count). The van der Waals surface area contributed by atoms with Crippen molar-refractivity contribution in [1.29, 1.82) is 0 Å². The van der Waals surface area contributed by atoms with Crippen LogP contribution in [0.1, 0.15) is 21.8 Å². The molecule has 1 N–H and O–H groups in total. The first-order chi connectivity index (χ1) is 14.0. The topological polar surface area (TPSA) is 103 Å². The lowest BCUT2D eigenvalue weighted by Gasteiger charge is -2.05. The smallest absolute Gasteiger partial charge is 0.261 e. The van der Waals surface area contributed by atoms with E-state index in [0.717, 1.165) is 11.1 Å². The number of nitrogens with one attached hydrogen (secondary N) is 1. The Hall–Kier alpha value is -3.94. The highest BCUT2D eigenvalue weighted by atomic mass is 16.5. The molecule has 146 valence electrons. The summed E-state index contributed by atoms with van der Waals surface area (Å²) in [5.74, 6) is 1.77. The maximum Gasteiger partial charge on any atom is 0.261 e. The lowest BCUT2D eigenvalue weighted by molar-refractivity contribution is 0.102. The Morgan fingerprint density at radius 2 is 1.79 bits per heavy atom. The first-order valence-electron chi connectivity index (χ1n) is 8.88. The summed E-state index contributed by atoms with van der Waals surface area (Å²) in [5.41, 5.74) is 3.16. The summed E-state index contributed by atoms with van der Waals surface area (Å²) < 4.78 is 15.6. The molecule has 8 nitrogen and oxygen atoms in total. The quantitative estimate of drug-likeness (QED) is 0.543. The molecule has 0 saturated carbocycles. The number of hydrogen-bond acceptors (Lipinski definition) is 7. The lowest BCUT2D eigenvalue weighted by Crippen LogP contribution is -2.13. The van der Waals surface area contributed by atoms with Crippen molar-refractivity contribution in [3.05, 3.63) is 65.5 Å². The average molecular weight is 390 g/mol. The van der Waals surface area contributed by atoms with Crippen LogP contribution >= 0.6 is 0 Å². The normalized spacial score (nSPS) is 10.7. The van der Waals surface area contributed by atoms with Gasteiger partial charge in [0.2, 0.25) is 5.82 Å². The van der Waals surface area contributed by atoms with Crippen LogP contribution in [0.2, 0.25) is 0 Å². The first kappa shape index (κ1) is 18.4. The number of anilines is 1. The zero-order chi connectivity index (χ0) is 20.4. The number of aromatic nitrogens is 3. The van der Waals surface area contributed by atoms with Gasteiger partial charge in [0.1, 0.15) is 17.1 Å². The van der Waals surface area contributed by atoms with Crippen LogP contribution < -0.4 is 10.1 Å². The Labute approximate surface area is 166 Å². The number of nitrogens with zero attached hydrogens (tertiary/aromatic N) is 3. The molecule has 0 spiro atoms. The Morgan fingerprint density at radius 3 is 2.48 bits per heavy atom. The van der Waals surface area contributed by atoms with Crippen LogP contribution in [-0.4, -0.2) is 28.3 Å². The zero-order valence-corrected chi connectivity index (χ0v) is 16.1. The highest BCUT2D eigenvalue weighted by Gasteiger charge is 2.18. The fourth-order valence-electron chi connectivity index (χ4n) is 2.92. The molecule has 0 aliphatic rings. The second kappa shape index (κ2) is 7.59. The predicted molar refractivity (Wildman–Crippen MR) is 106 cm³/mol. The molecule has 2 aromatic carbocycles. The van der Waals surface area contributed by atoms with E-state index in [0.29, 0.717) is 40.2 Å². The van der Waals surface area contributed by atoms with Crippen LogP contribution in [0, 0.1) is 13.8 Å². The van der Waals surface area contributed by atoms with Crippen molar-refractivity contribution in [3.8, 4) is 28.6 Å². The van der Waals surface area contributed by atoms with E-state index in [1.807, 2.05) is 36.4 Å². The van der Waals surface area contributed by atoms with Crippen molar-refractivity contribution in [2.45, 2.75) is 13.8 Å². The third-order valence-corrected chi connectivity index (χ3v) is 4.40. The van der Waals surface area contributed by atoms with Crippen LogP contribution in [0.4, 0.5) is 5.69 Å². The number of amides is 1. The van der Waals surface area contributed by atoms with Gasteiger partial charge in [0.15, 0.2) is 0 Å². The van der Waals surface area contributed by atoms with Crippen LogP contribution in [0.15, 0.2) is 57.6 Å². The SMILES string of the molecule is COc1cccc(-c2nc(-c3ccc(NC(=O)c4c(C)noc4C)cc3)no2)c1. The van der Waals surface area contributed by atoms with E-state index in [9.17, 15) is 4.79 Å². The molecule has 0 fully saturated rings. The highest BCUT2D eigenvalue weighted by molar-refractivity contribution is 6.05. The van der Waals surface area contributed by atoms with Gasteiger partial charge in [-0.15, -0.1) is 0 Å². The van der Waals surface area contributed by atoms with E-state index in [1.54, 1.807) is 33.1 Å². The predicted octanol–water partition coefficient (Wildman–Crippen LogP) is 4.27. The van der Waals surface area contributed by atoms with Crippen molar-refractivity contribution in [3.63, 3.8) is 0 Å². The van der Waals surface area contributed by atoms with E-state index >= 15 is 0 Å². The van der Waals surface area contributed by atoms with Crippen molar-refractivity contribution in [2.75, 3.05) is 12.4 Å². The molecule has 0 radical (unpaired) electrons. The van der Waals surface area contributed by atoms with E-state index in [2.05, 4.69) is 20.6 Å². The summed E-state index contributed by atoms with van der Waals surface area (Å²) in [6.07, 6.45) is 0. The zero-order valence-electron chi connectivity index (χ0n) is 16.1. The minimum absolute atomic E-state index is 0.270. The minimum atomic E-state index is -0.270. The maximum absolute atomic E-state index is 12.4. The molecule has 0 aliphatic heterocycles. The summed E-state index contributed by atoms with van der Waals surface area (Å²) in [6, 6.07) is 14.6. The first-order valence-corrected chi connectivity index (χ1v) is 8.88. The van der Waals surface area contributed by atoms with Gasteiger partial charge in [-0.3, -0.25) is 4.79 Å². The summed E-state index contributed by atoms with van der Waals surface area (Å²) in [5, 5.41) is 10.7. The summed E-state index contributed by atoms with van der Waals surface area (Å²) in [7, 11) is 1.60. The van der Waals surface area contributed by atoms with Gasteiger partial charge in [-0.05, 0) is 56.3 Å². The molecule has 2 heterocycles. The number of hydrogen-bond donors (Lipinski definition) is 1. The van der Waals surface area contributed by atoms with Crippen LogP contribution in [0.5, 0.6) is 5.75 Å². The third-order valence-electron chi connectivity index (χ3n) is 4.40. The van der Waals surface area contributed by atoms with Crippen LogP contribution in [0.3, 0.4) is 0 Å². The highest BCUT2D eigenvalue weighted by Crippen LogP contribution is 2.26. The number of carbonyl (C=O) groups excluding carboxylic acids is 1. The maximum atomic E-state index is 12.4. The van der Waals surface area contributed by atoms with E-state index in [-0.39, 0.29) is 5.91 Å². The van der Waals surface area contributed by atoms with Crippen LogP contribution in [-0.2, 0) is 0 Å². The van der Waals surface area contributed by atoms with Gasteiger partial charge < -0.3 is 19.1 Å². The van der Waals surface area contributed by atoms with Gasteiger partial charge in [0.25, 0.3) is 11.8 Å². The van der Waals surface area contributed by atoms with Gasteiger partial charge in [-0.25, -0.2) is 0 Å². The second-order valence-corrected chi connectivity index (χ2v) is 6.39. The van der Waals surface area contributed by atoms with Gasteiger partial charge in [-0.1, -0.05) is 16.4 Å². The third kappa shape index (κ3) is 3.73. The Kier molecular flexibility index (Phi) is 4.82. The largest absolute Gasteiger partial charge is 0.497 e. The van der Waals surface area contributed by atoms with Crippen molar-refractivity contribution < 1.29 is 18.6 Å². The summed E-state index contributed by atoms with van der Waals surface area (Å²) >= 11 is 0. The summed E-state index contributed by atoms with van der Waals surface area (Å²) in [6.45, 7) is 3.43. The molecule has 1 amide bonds. The minimum Gasteiger partial charge on any atom is -0.497 e. The fourth-order valence-corrected chi connectivity index (χ4v) is 2.92. The molecule has 29 heavy (non-hydrogen) atoms. The monoisotopic (exact) mass is 390 g/mol. The number of methoxy groups -OCH3 is 1. The van der Waals surface area contributed by atoms with Gasteiger partial charge >= 0.3 is 0 Å². The molecule has 0 saturated heterocycles.